The van der Waals surface area contributed by atoms with Crippen LogP contribution in [0.1, 0.15) is 32.6 Å². The maximum absolute atomic E-state index is 5.50. The predicted molar refractivity (Wildman–Crippen MR) is 57.7 cm³/mol. The molecule has 0 fully saturated rings. The van der Waals surface area contributed by atoms with Gasteiger partial charge in [0.25, 0.3) is 0 Å². The lowest BCUT2D eigenvalue weighted by atomic mass is 10.2. The van der Waals surface area contributed by atoms with Crippen molar-refractivity contribution in [3.8, 4) is 0 Å². The molecule has 1 rings (SSSR count). The zero-order valence-corrected chi connectivity index (χ0v) is 9.97. The summed E-state index contributed by atoms with van der Waals surface area (Å²) in [5.41, 5.74) is 0. The number of nitrogens with zero attached hydrogens (tertiary/aromatic N) is 1. The van der Waals surface area contributed by atoms with Crippen LogP contribution in [0, 0.1) is 0 Å². The molecule has 0 aliphatic heterocycles. The van der Waals surface area contributed by atoms with Gasteiger partial charge in [-0.05, 0) is 48.1 Å². The highest BCUT2D eigenvalue weighted by Gasteiger charge is 2.15. The molecule has 0 spiro atoms. The Bertz CT molecular complexity index is 255. The Morgan fingerprint density at radius 1 is 1.38 bits per heavy atom. The summed E-state index contributed by atoms with van der Waals surface area (Å²) in [5.74, 6) is 1.02. The first-order valence-electron chi connectivity index (χ1n) is 4.68. The number of hydrogen-bond acceptors (Lipinski definition) is 2. The van der Waals surface area contributed by atoms with E-state index in [0.29, 0.717) is 6.04 Å². The van der Waals surface area contributed by atoms with Gasteiger partial charge >= 0.3 is 0 Å². The second-order valence-corrected chi connectivity index (χ2v) is 3.82. The van der Waals surface area contributed by atoms with Crippen LogP contribution < -0.4 is 0 Å². The monoisotopic (exact) mass is 245 g/mol. The average molecular weight is 246 g/mol. The van der Waals surface area contributed by atoms with Crippen molar-refractivity contribution in [3.63, 3.8) is 0 Å². The van der Waals surface area contributed by atoms with Gasteiger partial charge in [0.05, 0.1) is 6.04 Å². The molecule has 0 aliphatic rings. The first-order valence-corrected chi connectivity index (χ1v) is 5.47. The summed E-state index contributed by atoms with van der Waals surface area (Å²) in [6.45, 7) is 8.60. The van der Waals surface area contributed by atoms with Crippen molar-refractivity contribution in [2.45, 2.75) is 26.8 Å². The van der Waals surface area contributed by atoms with Crippen LogP contribution in [-0.4, -0.2) is 18.0 Å². The van der Waals surface area contributed by atoms with Crippen LogP contribution in [-0.2, 0) is 0 Å². The highest BCUT2D eigenvalue weighted by Crippen LogP contribution is 2.24. The van der Waals surface area contributed by atoms with Crippen LogP contribution in [0.2, 0.25) is 0 Å². The lowest BCUT2D eigenvalue weighted by Gasteiger charge is -2.24. The molecule has 2 nitrogen and oxygen atoms in total. The van der Waals surface area contributed by atoms with E-state index in [1.807, 2.05) is 12.1 Å². The summed E-state index contributed by atoms with van der Waals surface area (Å²) in [5, 5.41) is 0. The Hall–Kier alpha value is -0.280. The first-order chi connectivity index (χ1) is 6.19. The number of rotatable bonds is 4. The van der Waals surface area contributed by atoms with E-state index in [1.165, 1.54) is 0 Å². The molecular formula is C10H16BrNO. The molecule has 1 atom stereocenters. The van der Waals surface area contributed by atoms with E-state index < -0.39 is 0 Å². The largest absolute Gasteiger partial charge is 0.453 e. The Kier molecular flexibility index (Phi) is 4.00. The third kappa shape index (κ3) is 2.58. The fourth-order valence-corrected chi connectivity index (χ4v) is 1.82. The summed E-state index contributed by atoms with van der Waals surface area (Å²) in [6.07, 6.45) is 0. The van der Waals surface area contributed by atoms with Crippen molar-refractivity contribution in [1.29, 1.82) is 0 Å². The van der Waals surface area contributed by atoms with E-state index in [-0.39, 0.29) is 0 Å². The molecule has 3 heteroatoms. The minimum atomic E-state index is 0.362. The lowest BCUT2D eigenvalue weighted by molar-refractivity contribution is 0.206. The van der Waals surface area contributed by atoms with Gasteiger partial charge in [0.15, 0.2) is 4.67 Å². The molecule has 74 valence electrons. The highest BCUT2D eigenvalue weighted by atomic mass is 79.9. The van der Waals surface area contributed by atoms with Gasteiger partial charge in [0.2, 0.25) is 0 Å². The van der Waals surface area contributed by atoms with Crippen LogP contribution >= 0.6 is 15.9 Å². The standard InChI is InChI=1S/C10H16BrNO/c1-4-12(5-2)8(3)9-6-7-10(11)13-9/h6-8H,4-5H2,1-3H3. The van der Waals surface area contributed by atoms with Crippen LogP contribution in [0.3, 0.4) is 0 Å². The van der Waals surface area contributed by atoms with Crippen molar-refractivity contribution >= 4 is 15.9 Å². The molecule has 1 unspecified atom stereocenters. The zero-order chi connectivity index (χ0) is 9.84. The van der Waals surface area contributed by atoms with E-state index in [9.17, 15) is 0 Å². The van der Waals surface area contributed by atoms with Gasteiger partial charge in [-0.3, -0.25) is 4.90 Å². The maximum atomic E-state index is 5.50. The Labute approximate surface area is 88.0 Å². The molecule has 1 heterocycles. The minimum Gasteiger partial charge on any atom is -0.453 e. The molecule has 1 aromatic rings. The van der Waals surface area contributed by atoms with Crippen LogP contribution in [0.15, 0.2) is 21.2 Å². The SMILES string of the molecule is CCN(CC)C(C)c1ccc(Br)o1. The van der Waals surface area contributed by atoms with Crippen molar-refractivity contribution < 1.29 is 4.42 Å². The zero-order valence-electron chi connectivity index (χ0n) is 8.38. The van der Waals surface area contributed by atoms with Gasteiger partial charge in [-0.15, -0.1) is 0 Å². The van der Waals surface area contributed by atoms with E-state index in [1.54, 1.807) is 0 Å². The Morgan fingerprint density at radius 2 is 2.00 bits per heavy atom. The normalized spacial score (nSPS) is 13.6. The maximum Gasteiger partial charge on any atom is 0.169 e. The molecule has 0 saturated heterocycles. The molecular weight excluding hydrogens is 230 g/mol. The van der Waals surface area contributed by atoms with Gasteiger partial charge in [-0.25, -0.2) is 0 Å². The lowest BCUT2D eigenvalue weighted by Crippen LogP contribution is -2.26. The van der Waals surface area contributed by atoms with E-state index >= 15 is 0 Å². The average Bonchev–Trinajstić information content (AvgIpc) is 2.54. The van der Waals surface area contributed by atoms with E-state index in [4.69, 9.17) is 4.42 Å². The molecule has 0 N–H and O–H groups in total. The van der Waals surface area contributed by atoms with Crippen molar-refractivity contribution in [2.75, 3.05) is 13.1 Å². The highest BCUT2D eigenvalue weighted by molar-refractivity contribution is 9.10. The quantitative estimate of drug-likeness (QED) is 0.809. The van der Waals surface area contributed by atoms with Crippen molar-refractivity contribution in [2.24, 2.45) is 0 Å². The second kappa shape index (κ2) is 4.82. The first kappa shape index (κ1) is 10.8. The van der Waals surface area contributed by atoms with Gasteiger partial charge in [0.1, 0.15) is 5.76 Å². The van der Waals surface area contributed by atoms with Crippen LogP contribution in [0.4, 0.5) is 0 Å². The summed E-state index contributed by atoms with van der Waals surface area (Å²) < 4.78 is 6.31. The number of furan rings is 1. The smallest absolute Gasteiger partial charge is 0.169 e. The Morgan fingerprint density at radius 3 is 2.38 bits per heavy atom. The topological polar surface area (TPSA) is 16.4 Å². The third-order valence-electron chi connectivity index (χ3n) is 2.37. The second-order valence-electron chi connectivity index (χ2n) is 3.04. The number of hydrogen-bond donors (Lipinski definition) is 0. The van der Waals surface area contributed by atoms with Gasteiger partial charge in [-0.1, -0.05) is 13.8 Å². The predicted octanol–water partition coefficient (Wildman–Crippen LogP) is 3.44. The van der Waals surface area contributed by atoms with Crippen LogP contribution in [0.25, 0.3) is 0 Å². The fourth-order valence-electron chi connectivity index (χ4n) is 1.50. The van der Waals surface area contributed by atoms with E-state index in [2.05, 4.69) is 41.6 Å². The summed E-state index contributed by atoms with van der Waals surface area (Å²) in [4.78, 5) is 2.35. The van der Waals surface area contributed by atoms with Crippen LogP contribution in [0.5, 0.6) is 0 Å². The molecule has 0 radical (unpaired) electrons. The molecule has 0 aliphatic carbocycles. The molecule has 13 heavy (non-hydrogen) atoms. The van der Waals surface area contributed by atoms with Crippen molar-refractivity contribution in [1.82, 2.24) is 4.90 Å². The van der Waals surface area contributed by atoms with Crippen molar-refractivity contribution in [3.05, 3.63) is 22.6 Å². The van der Waals surface area contributed by atoms with Gasteiger partial charge in [0, 0.05) is 0 Å². The third-order valence-corrected chi connectivity index (χ3v) is 2.79. The molecule has 1 aromatic heterocycles. The molecule has 0 saturated carbocycles. The molecule has 0 bridgehead atoms. The summed E-state index contributed by atoms with van der Waals surface area (Å²) in [7, 11) is 0. The molecule has 0 aromatic carbocycles. The van der Waals surface area contributed by atoms with Gasteiger partial charge in [-0.2, -0.15) is 0 Å². The number of halogens is 1. The summed E-state index contributed by atoms with van der Waals surface area (Å²) in [6, 6.07) is 4.32. The minimum absolute atomic E-state index is 0.362. The van der Waals surface area contributed by atoms with E-state index in [0.717, 1.165) is 23.5 Å². The Balaban J connectivity index is 2.71. The summed E-state index contributed by atoms with van der Waals surface area (Å²) >= 11 is 3.31. The molecule has 0 amide bonds. The fraction of sp³-hybridized carbons (Fsp3) is 0.600. The van der Waals surface area contributed by atoms with Gasteiger partial charge < -0.3 is 4.42 Å².